The van der Waals surface area contributed by atoms with Crippen molar-refractivity contribution in [2.24, 2.45) is 17.8 Å². The summed E-state index contributed by atoms with van der Waals surface area (Å²) >= 11 is 5.24. The molecule has 0 aliphatic heterocycles. The van der Waals surface area contributed by atoms with Gasteiger partial charge in [-0.25, -0.2) is 0 Å². The summed E-state index contributed by atoms with van der Waals surface area (Å²) in [6.45, 7) is 0.496. The maximum atomic E-state index is 12.2. The van der Waals surface area contributed by atoms with E-state index in [1.807, 2.05) is 0 Å². The number of carbonyl (C=O) groups is 1. The number of H-pyrrole nitrogens is 1. The molecule has 1 heterocycles. The molecule has 0 bridgehead atoms. The highest BCUT2D eigenvalue weighted by atomic mass is 32.1. The van der Waals surface area contributed by atoms with Crippen molar-refractivity contribution in [1.82, 2.24) is 20.1 Å². The zero-order chi connectivity index (χ0) is 13.7. The maximum Gasteiger partial charge on any atom is 0.223 e. The van der Waals surface area contributed by atoms with Gasteiger partial charge in [0, 0.05) is 12.0 Å². The van der Waals surface area contributed by atoms with Gasteiger partial charge in [0.1, 0.15) is 0 Å². The summed E-state index contributed by atoms with van der Waals surface area (Å²) in [5.74, 6) is 2.82. The van der Waals surface area contributed by atoms with Gasteiger partial charge in [-0.05, 0) is 43.3 Å². The molecule has 0 unspecified atom stereocenters. The van der Waals surface area contributed by atoms with Crippen molar-refractivity contribution in [3.05, 3.63) is 10.6 Å². The average molecular weight is 292 g/mol. The lowest BCUT2D eigenvalue weighted by atomic mass is 9.81. The van der Waals surface area contributed by atoms with E-state index in [9.17, 15) is 4.79 Å². The fourth-order valence-corrected chi connectivity index (χ4v) is 3.67. The number of carbonyl (C=O) groups excluding carboxylic acids is 1. The van der Waals surface area contributed by atoms with Crippen LogP contribution in [-0.4, -0.2) is 20.7 Å². The van der Waals surface area contributed by atoms with Gasteiger partial charge in [0.15, 0.2) is 10.6 Å². The first-order chi connectivity index (χ1) is 9.74. The largest absolute Gasteiger partial charge is 0.349 e. The Kier molecular flexibility index (Phi) is 2.94. The van der Waals surface area contributed by atoms with E-state index >= 15 is 0 Å². The van der Waals surface area contributed by atoms with Crippen LogP contribution in [0.3, 0.4) is 0 Å². The normalized spacial score (nSPS) is 29.0. The van der Waals surface area contributed by atoms with E-state index in [2.05, 4.69) is 20.1 Å². The highest BCUT2D eigenvalue weighted by Crippen LogP contribution is 2.51. The molecular formula is C14H20N4OS. The van der Waals surface area contributed by atoms with E-state index < -0.39 is 0 Å². The van der Waals surface area contributed by atoms with Crippen molar-refractivity contribution >= 4 is 18.1 Å². The smallest absolute Gasteiger partial charge is 0.223 e. The molecule has 3 saturated carbocycles. The summed E-state index contributed by atoms with van der Waals surface area (Å²) in [5, 5.41) is 10.1. The molecule has 3 aliphatic carbocycles. The molecule has 3 fully saturated rings. The van der Waals surface area contributed by atoms with Crippen LogP contribution in [0.5, 0.6) is 0 Å². The van der Waals surface area contributed by atoms with Gasteiger partial charge in [-0.3, -0.25) is 14.5 Å². The Bertz CT molecular complexity index is 584. The highest BCUT2D eigenvalue weighted by Gasteiger charge is 2.48. The van der Waals surface area contributed by atoms with Gasteiger partial charge in [0.2, 0.25) is 5.91 Å². The summed E-state index contributed by atoms with van der Waals surface area (Å²) in [5.41, 5.74) is 0. The van der Waals surface area contributed by atoms with Crippen LogP contribution >= 0.6 is 12.2 Å². The third-order valence-corrected chi connectivity index (χ3v) is 5.33. The quantitative estimate of drug-likeness (QED) is 0.819. The van der Waals surface area contributed by atoms with E-state index in [1.54, 1.807) is 0 Å². The first-order valence-electron chi connectivity index (χ1n) is 7.67. The number of nitrogens with one attached hydrogen (secondary N) is 2. The molecule has 6 heteroatoms. The number of hydrogen-bond acceptors (Lipinski definition) is 3. The summed E-state index contributed by atoms with van der Waals surface area (Å²) < 4.78 is 2.74. The van der Waals surface area contributed by atoms with E-state index in [0.717, 1.165) is 18.2 Å². The molecule has 0 saturated heterocycles. The molecule has 1 aromatic rings. The molecular weight excluding hydrogens is 272 g/mol. The Morgan fingerprint density at radius 3 is 2.85 bits per heavy atom. The Hall–Kier alpha value is -1.17. The van der Waals surface area contributed by atoms with Crippen LogP contribution in [-0.2, 0) is 11.3 Å². The predicted molar refractivity (Wildman–Crippen MR) is 76.5 cm³/mol. The van der Waals surface area contributed by atoms with Crippen LogP contribution < -0.4 is 5.32 Å². The number of hydrogen-bond donors (Lipinski definition) is 2. The van der Waals surface area contributed by atoms with Crippen molar-refractivity contribution in [3.8, 4) is 0 Å². The van der Waals surface area contributed by atoms with Crippen molar-refractivity contribution in [2.45, 2.75) is 51.1 Å². The molecule has 1 amide bonds. The number of aromatic nitrogens is 3. The van der Waals surface area contributed by atoms with Crippen molar-refractivity contribution in [3.63, 3.8) is 0 Å². The van der Waals surface area contributed by atoms with E-state index in [1.165, 1.54) is 32.1 Å². The third kappa shape index (κ3) is 2.20. The monoisotopic (exact) mass is 292 g/mol. The summed E-state index contributed by atoms with van der Waals surface area (Å²) in [6.07, 6.45) is 7.43. The topological polar surface area (TPSA) is 62.7 Å². The molecule has 1 aromatic heterocycles. The highest BCUT2D eigenvalue weighted by molar-refractivity contribution is 7.71. The van der Waals surface area contributed by atoms with E-state index in [-0.39, 0.29) is 11.8 Å². The molecule has 20 heavy (non-hydrogen) atoms. The molecule has 2 atom stereocenters. The number of nitrogens with zero attached hydrogens (tertiary/aromatic N) is 2. The van der Waals surface area contributed by atoms with Gasteiger partial charge >= 0.3 is 0 Å². The summed E-state index contributed by atoms with van der Waals surface area (Å²) in [4.78, 5) is 12.2. The number of amides is 1. The zero-order valence-corrected chi connectivity index (χ0v) is 12.3. The lowest BCUT2D eigenvalue weighted by Gasteiger charge is -2.25. The average Bonchev–Trinajstić information content (AvgIpc) is 3.26. The molecule has 108 valence electrons. The van der Waals surface area contributed by atoms with Gasteiger partial charge in [-0.2, -0.15) is 5.10 Å². The lowest BCUT2D eigenvalue weighted by Crippen LogP contribution is -2.28. The summed E-state index contributed by atoms with van der Waals surface area (Å²) in [7, 11) is 0. The SMILES string of the molecule is O=C(NCc1n[nH]c(=S)n1C1CC1)[C@H]1C[C@H]1C1CCC1. The fourth-order valence-electron chi connectivity index (χ4n) is 3.37. The van der Waals surface area contributed by atoms with Crippen molar-refractivity contribution in [2.75, 3.05) is 0 Å². The number of aromatic amines is 1. The molecule has 0 radical (unpaired) electrons. The zero-order valence-electron chi connectivity index (χ0n) is 11.5. The minimum absolute atomic E-state index is 0.207. The molecule has 0 spiro atoms. The van der Waals surface area contributed by atoms with Crippen LogP contribution in [0.25, 0.3) is 0 Å². The Labute approximate surface area is 123 Å². The third-order valence-electron chi connectivity index (χ3n) is 5.04. The van der Waals surface area contributed by atoms with Gasteiger partial charge in [-0.1, -0.05) is 19.3 Å². The first-order valence-corrected chi connectivity index (χ1v) is 8.08. The molecule has 4 rings (SSSR count). The van der Waals surface area contributed by atoms with Crippen LogP contribution in [0, 0.1) is 22.5 Å². The van der Waals surface area contributed by atoms with Crippen LogP contribution in [0.1, 0.15) is 50.4 Å². The standard InChI is InChI=1S/C14H20N4OS/c19-13(11-6-10(11)8-2-1-3-8)15-7-12-16-17-14(20)18(12)9-4-5-9/h8-11H,1-7H2,(H,15,19)(H,17,20)/t10-,11-/m0/s1. The Morgan fingerprint density at radius 2 is 2.20 bits per heavy atom. The Balaban J connectivity index is 1.34. The van der Waals surface area contributed by atoms with Crippen molar-refractivity contribution in [1.29, 1.82) is 0 Å². The lowest BCUT2D eigenvalue weighted by molar-refractivity contribution is -0.123. The van der Waals surface area contributed by atoms with E-state index in [0.29, 0.717) is 23.3 Å². The molecule has 0 aromatic carbocycles. The van der Waals surface area contributed by atoms with Gasteiger partial charge < -0.3 is 5.32 Å². The van der Waals surface area contributed by atoms with Gasteiger partial charge in [0.05, 0.1) is 6.54 Å². The van der Waals surface area contributed by atoms with Crippen LogP contribution in [0.15, 0.2) is 0 Å². The Morgan fingerprint density at radius 1 is 1.40 bits per heavy atom. The molecule has 5 nitrogen and oxygen atoms in total. The maximum absolute atomic E-state index is 12.2. The first kappa shape index (κ1) is 12.6. The second kappa shape index (κ2) is 4.69. The molecule has 3 aliphatic rings. The summed E-state index contributed by atoms with van der Waals surface area (Å²) in [6, 6.07) is 0.497. The van der Waals surface area contributed by atoms with Gasteiger partial charge in [0.25, 0.3) is 0 Å². The van der Waals surface area contributed by atoms with Crippen molar-refractivity contribution < 1.29 is 4.79 Å². The second-order valence-corrected chi connectivity index (χ2v) is 6.85. The van der Waals surface area contributed by atoms with Crippen LogP contribution in [0.4, 0.5) is 0 Å². The number of rotatable bonds is 5. The van der Waals surface area contributed by atoms with Gasteiger partial charge in [-0.15, -0.1) is 0 Å². The minimum atomic E-state index is 0.207. The van der Waals surface area contributed by atoms with Crippen LogP contribution in [0.2, 0.25) is 0 Å². The fraction of sp³-hybridized carbons (Fsp3) is 0.786. The minimum Gasteiger partial charge on any atom is -0.349 e. The molecule has 2 N–H and O–H groups in total. The van der Waals surface area contributed by atoms with E-state index in [4.69, 9.17) is 12.2 Å². The second-order valence-electron chi connectivity index (χ2n) is 6.46. The predicted octanol–water partition coefficient (Wildman–Crippen LogP) is 2.33.